The molecular formula is C44H50Br2N4O11. The normalized spacial score (nSPS) is 18.3. The van der Waals surface area contributed by atoms with Gasteiger partial charge in [0.25, 0.3) is 0 Å². The number of phenols is 1. The van der Waals surface area contributed by atoms with E-state index >= 15 is 0 Å². The summed E-state index contributed by atoms with van der Waals surface area (Å²) in [6.45, 7) is 11.5. The number of ether oxygens (including phenoxy) is 5. The van der Waals surface area contributed by atoms with Gasteiger partial charge in [0, 0.05) is 66.9 Å². The summed E-state index contributed by atoms with van der Waals surface area (Å²) in [6.07, 6.45) is 7.32. The maximum Gasteiger partial charge on any atom is 0.343 e. The molecule has 2 atom stereocenters. The van der Waals surface area contributed by atoms with E-state index in [2.05, 4.69) is 69.6 Å². The summed E-state index contributed by atoms with van der Waals surface area (Å²) >= 11 is 7.31. The van der Waals surface area contributed by atoms with Gasteiger partial charge in [-0.1, -0.05) is 0 Å². The standard InChI is InChI=1S/C23H27BrN2O6.C21H23BrN2O5/c1-23(2)7-6-15-19-13(10-18(31-4)21(20(19)24)32-9-5-8-30-3)16-11-17(27)14(22(28)29)12-25(16)26(15)23;1-5-29-20(27)12-10-23-14(9-15(12)25)11-8-16(28-4)19(26)18(22)17(11)13-6-7-21(2,3)24(13)23/h10-12,15H,5-9H2,1-4H3,(H,28,29);8-10,13,26H,5-7H2,1-4H3/t15-;13-/m11/s1. The van der Waals surface area contributed by atoms with Crippen LogP contribution in [0.15, 0.2) is 55.2 Å². The Morgan fingerprint density at radius 2 is 1.28 bits per heavy atom. The highest BCUT2D eigenvalue weighted by atomic mass is 79.9. The zero-order chi connectivity index (χ0) is 44.3. The van der Waals surface area contributed by atoms with E-state index in [4.69, 9.17) is 23.7 Å². The number of carbonyl (C=O) groups excluding carboxylic acids is 1. The van der Waals surface area contributed by atoms with Crippen LogP contribution in [-0.4, -0.2) is 83.7 Å². The van der Waals surface area contributed by atoms with Gasteiger partial charge in [-0.3, -0.25) is 29.0 Å². The van der Waals surface area contributed by atoms with Crippen LogP contribution in [0.5, 0.6) is 23.0 Å². The molecule has 0 amide bonds. The van der Waals surface area contributed by atoms with E-state index in [1.165, 1.54) is 25.4 Å². The number of pyridine rings is 2. The Bertz CT molecular complexity index is 2550. The van der Waals surface area contributed by atoms with E-state index < -0.39 is 22.8 Å². The zero-order valence-electron chi connectivity index (χ0n) is 35.4. The molecule has 2 N–H and O–H groups in total. The third-order valence-electron chi connectivity index (χ3n) is 12.0. The van der Waals surface area contributed by atoms with Crippen LogP contribution in [0.4, 0.5) is 0 Å². The summed E-state index contributed by atoms with van der Waals surface area (Å²) in [5.74, 6) is -0.352. The van der Waals surface area contributed by atoms with E-state index in [0.717, 1.165) is 58.8 Å². The molecule has 61 heavy (non-hydrogen) atoms. The van der Waals surface area contributed by atoms with Gasteiger partial charge in [-0.05, 0) is 104 Å². The summed E-state index contributed by atoms with van der Waals surface area (Å²) in [5.41, 5.74) is 3.19. The molecule has 0 bridgehead atoms. The molecule has 8 rings (SSSR count). The lowest BCUT2D eigenvalue weighted by Crippen LogP contribution is -2.50. The van der Waals surface area contributed by atoms with Crippen molar-refractivity contribution in [1.82, 2.24) is 9.35 Å². The van der Waals surface area contributed by atoms with Gasteiger partial charge in [-0.25, -0.2) is 9.59 Å². The highest BCUT2D eigenvalue weighted by molar-refractivity contribution is 9.11. The second-order valence-corrected chi connectivity index (χ2v) is 18.2. The van der Waals surface area contributed by atoms with Gasteiger partial charge in [-0.15, -0.1) is 0 Å². The third kappa shape index (κ3) is 7.45. The second kappa shape index (κ2) is 16.7. The Morgan fingerprint density at radius 1 is 0.770 bits per heavy atom. The number of methoxy groups -OCH3 is 3. The molecule has 4 aromatic rings. The lowest BCUT2D eigenvalue weighted by Gasteiger charge is -2.45. The predicted octanol–water partition coefficient (Wildman–Crippen LogP) is 7.70. The summed E-state index contributed by atoms with van der Waals surface area (Å²) in [6, 6.07) is 6.43. The summed E-state index contributed by atoms with van der Waals surface area (Å²) in [4.78, 5) is 49.4. The third-order valence-corrected chi connectivity index (χ3v) is 13.6. The van der Waals surface area contributed by atoms with Gasteiger partial charge >= 0.3 is 11.9 Å². The summed E-state index contributed by atoms with van der Waals surface area (Å²) in [7, 11) is 4.71. The number of rotatable bonds is 10. The number of aromatic nitrogens is 2. The van der Waals surface area contributed by atoms with Crippen molar-refractivity contribution in [3.8, 4) is 45.5 Å². The van der Waals surface area contributed by atoms with Crippen molar-refractivity contribution in [2.45, 2.75) is 89.9 Å². The molecule has 2 aromatic heterocycles. The van der Waals surface area contributed by atoms with Crippen LogP contribution in [0, 0.1) is 0 Å². The Morgan fingerprint density at radius 3 is 1.79 bits per heavy atom. The average molecular weight is 971 g/mol. The lowest BCUT2D eigenvalue weighted by atomic mass is 9.93. The number of fused-ring (bicyclic) bond motifs is 12. The minimum atomic E-state index is -1.23. The molecule has 326 valence electrons. The molecule has 4 aliphatic heterocycles. The van der Waals surface area contributed by atoms with Gasteiger partial charge in [0.15, 0.2) is 33.9 Å². The SMILES string of the molecule is CCOC(=O)c1cn2c(cc1=O)-c1cc(OC)c(O)c(Br)c1[C@H]1CCC(C)(C)N12.COCCCOc1c(OC)cc2c(c1Br)[C@H]1CCC(C)(C)N1n1cc(C(=O)O)c(=O)cc1-2. The molecule has 2 saturated heterocycles. The number of aromatic carboxylic acids is 1. The second-order valence-electron chi connectivity index (χ2n) is 16.6. The highest BCUT2D eigenvalue weighted by Crippen LogP contribution is 2.56. The number of nitrogens with zero attached hydrogens (tertiary/aromatic N) is 4. The number of carboxylic acids is 1. The molecule has 0 radical (unpaired) electrons. The largest absolute Gasteiger partial charge is 0.503 e. The number of hydrogen-bond acceptors (Lipinski definition) is 12. The molecule has 0 spiro atoms. The molecule has 15 nitrogen and oxygen atoms in total. The van der Waals surface area contributed by atoms with E-state index in [1.807, 2.05) is 15.4 Å². The molecular weight excluding hydrogens is 920 g/mol. The van der Waals surface area contributed by atoms with Gasteiger partial charge in [-0.2, -0.15) is 0 Å². The van der Waals surface area contributed by atoms with Crippen LogP contribution in [0.3, 0.4) is 0 Å². The Balaban J connectivity index is 0.000000185. The minimum Gasteiger partial charge on any atom is -0.503 e. The van der Waals surface area contributed by atoms with Crippen molar-refractivity contribution < 1.29 is 43.5 Å². The van der Waals surface area contributed by atoms with E-state index in [9.17, 15) is 29.4 Å². The topological polar surface area (TPSA) is 171 Å². The number of halogens is 2. The Kier molecular flexibility index (Phi) is 12.1. The van der Waals surface area contributed by atoms with Crippen LogP contribution in [0.25, 0.3) is 22.5 Å². The fourth-order valence-corrected chi connectivity index (χ4v) is 10.7. The molecule has 17 heteroatoms. The first-order valence-electron chi connectivity index (χ1n) is 20.1. The van der Waals surface area contributed by atoms with Crippen LogP contribution in [-0.2, 0) is 9.47 Å². The fraction of sp³-hybridized carbons (Fsp3) is 0.455. The molecule has 2 fully saturated rings. The quantitative estimate of drug-likeness (QED) is 0.117. The van der Waals surface area contributed by atoms with Crippen molar-refractivity contribution >= 4 is 43.8 Å². The number of carboxylic acid groups (broad SMARTS) is 1. The number of benzene rings is 2. The molecule has 0 aliphatic carbocycles. The molecule has 6 heterocycles. The first kappa shape index (κ1) is 44.1. The Labute approximate surface area is 369 Å². The summed E-state index contributed by atoms with van der Waals surface area (Å²) in [5, 5.41) is 24.4. The number of aromatic hydroxyl groups is 1. The fourth-order valence-electron chi connectivity index (χ4n) is 9.19. The smallest absolute Gasteiger partial charge is 0.343 e. The minimum absolute atomic E-state index is 0.00492. The first-order valence-corrected chi connectivity index (χ1v) is 21.7. The monoisotopic (exact) mass is 968 g/mol. The molecule has 0 unspecified atom stereocenters. The van der Waals surface area contributed by atoms with Crippen LogP contribution < -0.4 is 35.1 Å². The maximum absolute atomic E-state index is 12.8. The average Bonchev–Trinajstić information content (AvgIpc) is 3.71. The first-order chi connectivity index (χ1) is 28.9. The number of hydrogen-bond donors (Lipinski definition) is 2. The molecule has 4 aliphatic rings. The van der Waals surface area contributed by atoms with Gasteiger partial charge in [0.05, 0.1) is 70.9 Å². The van der Waals surface area contributed by atoms with Crippen LogP contribution >= 0.6 is 31.9 Å². The van der Waals surface area contributed by atoms with Crippen molar-refractivity contribution in [1.29, 1.82) is 0 Å². The van der Waals surface area contributed by atoms with Crippen LogP contribution in [0.2, 0.25) is 0 Å². The number of esters is 1. The zero-order valence-corrected chi connectivity index (χ0v) is 38.6. The van der Waals surface area contributed by atoms with Gasteiger partial charge in [0.2, 0.25) is 0 Å². The van der Waals surface area contributed by atoms with Crippen molar-refractivity contribution in [2.75, 3.05) is 51.2 Å². The van der Waals surface area contributed by atoms with Gasteiger partial charge < -0.3 is 33.9 Å². The number of carbonyl (C=O) groups is 2. The molecule has 2 aromatic carbocycles. The van der Waals surface area contributed by atoms with Crippen molar-refractivity contribution in [3.63, 3.8) is 0 Å². The highest BCUT2D eigenvalue weighted by Gasteiger charge is 2.48. The lowest BCUT2D eigenvalue weighted by molar-refractivity contribution is 0.0523. The van der Waals surface area contributed by atoms with Gasteiger partial charge in [0.1, 0.15) is 11.1 Å². The van der Waals surface area contributed by atoms with E-state index in [1.54, 1.807) is 33.4 Å². The summed E-state index contributed by atoms with van der Waals surface area (Å²) < 4.78 is 32.3. The van der Waals surface area contributed by atoms with Crippen LogP contribution in [0.1, 0.15) is 111 Å². The van der Waals surface area contributed by atoms with Crippen molar-refractivity contribution in [2.24, 2.45) is 0 Å². The van der Waals surface area contributed by atoms with E-state index in [0.29, 0.717) is 46.3 Å². The number of phenolic OH excluding ortho intramolecular Hbond substituents is 1. The Hall–Kier alpha value is -5.00. The van der Waals surface area contributed by atoms with Crippen molar-refractivity contribution in [3.05, 3.63) is 88.3 Å². The predicted molar refractivity (Wildman–Crippen MR) is 236 cm³/mol. The van der Waals surface area contributed by atoms with E-state index in [-0.39, 0.29) is 46.6 Å². The molecule has 0 saturated carbocycles. The maximum atomic E-state index is 12.8.